The highest BCUT2D eigenvalue weighted by atomic mass is 16.5. The second-order valence-electron chi connectivity index (χ2n) is 7.99. The van der Waals surface area contributed by atoms with Gasteiger partial charge < -0.3 is 20.5 Å². The molecular formula is C22H34N2O5. The summed E-state index contributed by atoms with van der Waals surface area (Å²) < 4.78 is 5.12. The second-order valence-corrected chi connectivity index (χ2v) is 7.99. The summed E-state index contributed by atoms with van der Waals surface area (Å²) in [6, 6.07) is 0. The Hall–Kier alpha value is -2.15. The number of ether oxygens (including phenoxy) is 1. The van der Waals surface area contributed by atoms with Crippen LogP contribution in [0.4, 0.5) is 0 Å². The molecule has 1 unspecified atom stereocenters. The molecule has 0 heterocycles. The first kappa shape index (κ1) is 23.1. The van der Waals surface area contributed by atoms with Gasteiger partial charge in [-0.2, -0.15) is 0 Å². The minimum absolute atomic E-state index is 0.181. The molecule has 29 heavy (non-hydrogen) atoms. The Balaban J connectivity index is 1.93. The van der Waals surface area contributed by atoms with Crippen LogP contribution in [0.3, 0.4) is 0 Å². The number of allylic oxidation sites excluding steroid dienone is 1. The summed E-state index contributed by atoms with van der Waals surface area (Å²) >= 11 is 0. The normalized spacial score (nSPS) is 30.3. The molecule has 0 aliphatic heterocycles. The van der Waals surface area contributed by atoms with Crippen LogP contribution < -0.4 is 10.6 Å². The van der Waals surface area contributed by atoms with Gasteiger partial charge >= 0.3 is 5.97 Å². The fourth-order valence-electron chi connectivity index (χ4n) is 4.10. The second kappa shape index (κ2) is 10.6. The lowest BCUT2D eigenvalue weighted by Gasteiger charge is -2.23. The van der Waals surface area contributed by atoms with E-state index in [0.29, 0.717) is 13.0 Å². The van der Waals surface area contributed by atoms with Gasteiger partial charge in [-0.3, -0.25) is 9.59 Å². The summed E-state index contributed by atoms with van der Waals surface area (Å²) in [5.41, 5.74) is -1.09. The number of carbonyl (C=O) groups is 3. The molecule has 2 aliphatic rings. The number of hydrogen-bond donors (Lipinski definition) is 3. The maximum atomic E-state index is 12.9. The fraction of sp³-hybridized carbons (Fsp3) is 0.682. The Morgan fingerprint density at radius 1 is 1.14 bits per heavy atom. The molecule has 0 aromatic rings. The number of unbranched alkanes of at least 4 members (excludes halogenated alkanes) is 3. The molecule has 3 N–H and O–H groups in total. The Kier molecular flexibility index (Phi) is 8.44. The van der Waals surface area contributed by atoms with Gasteiger partial charge in [-0.25, -0.2) is 4.79 Å². The lowest BCUT2D eigenvalue weighted by atomic mass is 9.93. The smallest absolute Gasteiger partial charge is 0.332 e. The minimum atomic E-state index is -1.09. The van der Waals surface area contributed by atoms with Crippen molar-refractivity contribution in [2.75, 3.05) is 13.2 Å². The highest BCUT2D eigenvalue weighted by molar-refractivity contribution is 5.94. The van der Waals surface area contributed by atoms with Gasteiger partial charge in [-0.05, 0) is 45.4 Å². The SMILES string of the molecule is C=CCCCCCNC(=O)[C@@H]1C[C@@H](O)C[C@H]1C(=O)N[C@]1(C(=O)OCC)CC1C=C. The molecule has 2 amide bonds. The van der Waals surface area contributed by atoms with Gasteiger partial charge in [0.25, 0.3) is 0 Å². The molecule has 0 spiro atoms. The number of aliphatic hydroxyl groups is 1. The lowest BCUT2D eigenvalue weighted by molar-refractivity contribution is -0.150. The summed E-state index contributed by atoms with van der Waals surface area (Å²) in [4.78, 5) is 37.9. The number of hydrogen-bond acceptors (Lipinski definition) is 5. The van der Waals surface area contributed by atoms with E-state index < -0.39 is 29.4 Å². The van der Waals surface area contributed by atoms with Gasteiger partial charge in [-0.15, -0.1) is 13.2 Å². The minimum Gasteiger partial charge on any atom is -0.464 e. The number of amides is 2. The standard InChI is InChI=1S/C22H34N2O5/c1-4-7-8-9-10-11-23-19(26)17-12-16(25)13-18(17)20(27)24-22(14-15(22)5-2)21(28)29-6-3/h4-5,15-18,25H,1-2,6-14H2,3H3,(H,23,26)(H,24,27)/t15?,16-,17-,18-,22-/m1/s1. The average Bonchev–Trinajstić information content (AvgIpc) is 3.27. The molecule has 7 nitrogen and oxygen atoms in total. The van der Waals surface area contributed by atoms with Crippen LogP contribution in [0.25, 0.3) is 0 Å². The van der Waals surface area contributed by atoms with Crippen molar-refractivity contribution in [3.8, 4) is 0 Å². The van der Waals surface area contributed by atoms with E-state index in [1.165, 1.54) is 0 Å². The number of rotatable bonds is 12. The molecule has 0 saturated heterocycles. The molecule has 0 aromatic carbocycles. The number of nitrogens with one attached hydrogen (secondary N) is 2. The Labute approximate surface area is 173 Å². The third kappa shape index (κ3) is 5.69. The van der Waals surface area contributed by atoms with Crippen LogP contribution in [0.5, 0.6) is 0 Å². The molecule has 162 valence electrons. The first-order valence-corrected chi connectivity index (χ1v) is 10.6. The monoisotopic (exact) mass is 406 g/mol. The molecule has 0 bridgehead atoms. The number of aliphatic hydroxyl groups excluding tert-OH is 1. The van der Waals surface area contributed by atoms with Crippen molar-refractivity contribution in [1.82, 2.24) is 10.6 Å². The van der Waals surface area contributed by atoms with E-state index in [1.807, 2.05) is 6.08 Å². The van der Waals surface area contributed by atoms with E-state index in [1.54, 1.807) is 13.0 Å². The third-order valence-corrected chi connectivity index (χ3v) is 5.88. The molecule has 2 saturated carbocycles. The van der Waals surface area contributed by atoms with Crippen LogP contribution in [-0.4, -0.2) is 47.7 Å². The van der Waals surface area contributed by atoms with E-state index in [2.05, 4.69) is 23.8 Å². The summed E-state index contributed by atoms with van der Waals surface area (Å²) in [5, 5.41) is 15.8. The predicted molar refractivity (Wildman–Crippen MR) is 110 cm³/mol. The zero-order valence-corrected chi connectivity index (χ0v) is 17.3. The van der Waals surface area contributed by atoms with E-state index in [9.17, 15) is 19.5 Å². The van der Waals surface area contributed by atoms with Crippen LogP contribution in [0, 0.1) is 17.8 Å². The quantitative estimate of drug-likeness (QED) is 0.261. The zero-order valence-electron chi connectivity index (χ0n) is 17.3. The lowest BCUT2D eigenvalue weighted by Crippen LogP contribution is -2.50. The maximum absolute atomic E-state index is 12.9. The molecule has 0 radical (unpaired) electrons. The van der Waals surface area contributed by atoms with Gasteiger partial charge in [0.05, 0.1) is 24.5 Å². The van der Waals surface area contributed by atoms with E-state index >= 15 is 0 Å². The Morgan fingerprint density at radius 3 is 2.41 bits per heavy atom. The summed E-state index contributed by atoms with van der Waals surface area (Å²) in [6.07, 6.45) is 7.55. The van der Waals surface area contributed by atoms with Crippen LogP contribution in [0.15, 0.2) is 25.3 Å². The van der Waals surface area contributed by atoms with Crippen molar-refractivity contribution in [3.05, 3.63) is 25.3 Å². The van der Waals surface area contributed by atoms with E-state index in [0.717, 1.165) is 25.7 Å². The van der Waals surface area contributed by atoms with Crippen molar-refractivity contribution in [1.29, 1.82) is 0 Å². The molecule has 2 aliphatic carbocycles. The topological polar surface area (TPSA) is 105 Å². The average molecular weight is 407 g/mol. The molecule has 7 heteroatoms. The van der Waals surface area contributed by atoms with Crippen molar-refractivity contribution < 1.29 is 24.2 Å². The maximum Gasteiger partial charge on any atom is 0.332 e. The van der Waals surface area contributed by atoms with Crippen LogP contribution in [-0.2, 0) is 19.1 Å². The van der Waals surface area contributed by atoms with Crippen molar-refractivity contribution in [2.24, 2.45) is 17.8 Å². The molecule has 2 fully saturated rings. The van der Waals surface area contributed by atoms with Gasteiger partial charge in [0, 0.05) is 12.5 Å². The Bertz CT molecular complexity index is 635. The molecule has 2 rings (SSSR count). The fourth-order valence-corrected chi connectivity index (χ4v) is 4.10. The van der Waals surface area contributed by atoms with E-state index in [-0.39, 0.29) is 37.2 Å². The van der Waals surface area contributed by atoms with Crippen molar-refractivity contribution >= 4 is 17.8 Å². The highest BCUT2D eigenvalue weighted by Crippen LogP contribution is 2.46. The van der Waals surface area contributed by atoms with Gasteiger partial charge in [-0.1, -0.05) is 18.6 Å². The Morgan fingerprint density at radius 2 is 1.83 bits per heavy atom. The third-order valence-electron chi connectivity index (χ3n) is 5.88. The summed E-state index contributed by atoms with van der Waals surface area (Å²) in [6.45, 7) is 9.88. The molecular weight excluding hydrogens is 372 g/mol. The predicted octanol–water partition coefficient (Wildman–Crippen LogP) is 1.86. The number of carbonyl (C=O) groups excluding carboxylic acids is 3. The van der Waals surface area contributed by atoms with Crippen LogP contribution in [0.1, 0.15) is 51.9 Å². The molecule has 5 atom stereocenters. The number of esters is 1. The zero-order chi connectivity index (χ0) is 21.4. The highest BCUT2D eigenvalue weighted by Gasteiger charge is 2.62. The van der Waals surface area contributed by atoms with Crippen LogP contribution >= 0.6 is 0 Å². The van der Waals surface area contributed by atoms with Gasteiger partial charge in [0.15, 0.2) is 0 Å². The summed E-state index contributed by atoms with van der Waals surface area (Å²) in [5.74, 6) is -2.52. The van der Waals surface area contributed by atoms with Crippen molar-refractivity contribution in [3.63, 3.8) is 0 Å². The van der Waals surface area contributed by atoms with Crippen LogP contribution in [0.2, 0.25) is 0 Å². The van der Waals surface area contributed by atoms with E-state index in [4.69, 9.17) is 4.74 Å². The summed E-state index contributed by atoms with van der Waals surface area (Å²) in [7, 11) is 0. The van der Waals surface area contributed by atoms with Gasteiger partial charge in [0.2, 0.25) is 11.8 Å². The largest absolute Gasteiger partial charge is 0.464 e. The molecule has 0 aromatic heterocycles. The van der Waals surface area contributed by atoms with Gasteiger partial charge in [0.1, 0.15) is 5.54 Å². The first-order chi connectivity index (χ1) is 13.9. The first-order valence-electron chi connectivity index (χ1n) is 10.6. The van der Waals surface area contributed by atoms with Crippen molar-refractivity contribution in [2.45, 2.75) is 63.5 Å².